The van der Waals surface area contributed by atoms with Gasteiger partial charge in [-0.3, -0.25) is 9.69 Å². The van der Waals surface area contributed by atoms with Crippen LogP contribution in [-0.4, -0.2) is 22.9 Å². The number of carbonyl (C=O) groups excluding carboxylic acids is 1. The molecule has 3 aromatic heterocycles. The predicted octanol–water partition coefficient (Wildman–Crippen LogP) is 3.82. The molecule has 1 aromatic carbocycles. The van der Waals surface area contributed by atoms with E-state index >= 15 is 0 Å². The second-order valence-electron chi connectivity index (χ2n) is 4.84. The first-order valence-corrected chi connectivity index (χ1v) is 7.73. The Balaban J connectivity index is 1.70. The summed E-state index contributed by atoms with van der Waals surface area (Å²) in [5.74, 6) is 0.113. The molecule has 0 spiro atoms. The maximum absolute atomic E-state index is 12.7. The molecule has 114 valence electrons. The summed E-state index contributed by atoms with van der Waals surface area (Å²) >= 11 is 1.48. The molecule has 4 aromatic rings. The highest BCUT2D eigenvalue weighted by molar-refractivity contribution is 7.13. The van der Waals surface area contributed by atoms with Gasteiger partial charge in [0.25, 0.3) is 5.91 Å². The molecule has 0 saturated carbocycles. The molecule has 6 nitrogen and oxygen atoms in total. The zero-order valence-corrected chi connectivity index (χ0v) is 12.9. The summed E-state index contributed by atoms with van der Waals surface area (Å²) in [6, 6.07) is 11.3. The molecule has 0 atom stereocenters. The number of hydrogen-bond acceptors (Lipinski definition) is 6. The number of aromatic nitrogens is 2. The summed E-state index contributed by atoms with van der Waals surface area (Å²) < 4.78 is 11.0. The predicted molar refractivity (Wildman–Crippen MR) is 86.6 cm³/mol. The summed E-state index contributed by atoms with van der Waals surface area (Å²) in [6.45, 7) is 0. The van der Waals surface area contributed by atoms with E-state index in [9.17, 15) is 4.79 Å². The van der Waals surface area contributed by atoms with Crippen molar-refractivity contribution in [2.45, 2.75) is 0 Å². The van der Waals surface area contributed by atoms with E-state index < -0.39 is 0 Å². The highest BCUT2D eigenvalue weighted by atomic mass is 32.1. The second-order valence-corrected chi connectivity index (χ2v) is 5.78. The van der Waals surface area contributed by atoms with Crippen LogP contribution in [0.25, 0.3) is 21.7 Å². The van der Waals surface area contributed by atoms with Gasteiger partial charge in [-0.1, -0.05) is 18.2 Å². The lowest BCUT2D eigenvalue weighted by Gasteiger charge is -2.10. The number of amides is 1. The van der Waals surface area contributed by atoms with Crippen molar-refractivity contribution in [3.8, 4) is 10.6 Å². The summed E-state index contributed by atoms with van der Waals surface area (Å²) in [7, 11) is 1.60. The molecule has 4 rings (SSSR count). The molecule has 0 N–H and O–H groups in total. The molecule has 0 fully saturated rings. The lowest BCUT2D eigenvalue weighted by Crippen LogP contribution is -2.27. The van der Waals surface area contributed by atoms with Gasteiger partial charge in [0, 0.05) is 7.05 Å². The van der Waals surface area contributed by atoms with Gasteiger partial charge in [-0.2, -0.15) is 4.98 Å². The van der Waals surface area contributed by atoms with Crippen LogP contribution in [0, 0.1) is 0 Å². The average Bonchev–Trinajstić information content (AvgIpc) is 3.31. The largest absolute Gasteiger partial charge is 0.442 e. The number of oxazole rings is 2. The molecule has 0 bridgehead atoms. The summed E-state index contributed by atoms with van der Waals surface area (Å²) in [5.41, 5.74) is 1.55. The van der Waals surface area contributed by atoms with Crippen molar-refractivity contribution in [2.75, 3.05) is 11.9 Å². The Hall–Kier alpha value is -2.93. The van der Waals surface area contributed by atoms with E-state index in [1.165, 1.54) is 22.6 Å². The van der Waals surface area contributed by atoms with E-state index in [0.717, 1.165) is 4.88 Å². The normalized spacial score (nSPS) is 11.0. The maximum Gasteiger partial charge on any atom is 0.305 e. The number of para-hydroxylation sites is 2. The second kappa shape index (κ2) is 5.36. The van der Waals surface area contributed by atoms with Crippen LogP contribution < -0.4 is 4.90 Å². The number of rotatable bonds is 3. The van der Waals surface area contributed by atoms with Crippen LogP contribution in [0.3, 0.4) is 0 Å². The molecule has 0 saturated heterocycles. The SMILES string of the molecule is CN(C(=O)c1ncoc1-c1cccs1)c1nc2ccccc2o1. The van der Waals surface area contributed by atoms with Gasteiger partial charge in [0.2, 0.25) is 0 Å². The number of carbonyl (C=O) groups is 1. The number of nitrogens with zero attached hydrogens (tertiary/aromatic N) is 3. The molecular formula is C16H11N3O3S. The number of benzene rings is 1. The standard InChI is InChI=1S/C16H11N3O3S/c1-19(16-18-10-5-2-3-6-11(10)22-16)15(20)13-14(21-9-17-13)12-7-4-8-23-12/h2-9H,1H3. The van der Waals surface area contributed by atoms with Crippen molar-refractivity contribution in [3.63, 3.8) is 0 Å². The molecule has 3 heterocycles. The van der Waals surface area contributed by atoms with Crippen molar-refractivity contribution in [3.05, 3.63) is 53.9 Å². The highest BCUT2D eigenvalue weighted by Crippen LogP contribution is 2.29. The third-order valence-electron chi connectivity index (χ3n) is 3.39. The first kappa shape index (κ1) is 13.7. The molecule has 23 heavy (non-hydrogen) atoms. The van der Waals surface area contributed by atoms with Gasteiger partial charge in [0.1, 0.15) is 5.52 Å². The van der Waals surface area contributed by atoms with E-state index in [2.05, 4.69) is 9.97 Å². The molecule has 0 aliphatic rings. The van der Waals surface area contributed by atoms with E-state index in [1.807, 2.05) is 35.7 Å². The molecular weight excluding hydrogens is 314 g/mol. The molecule has 0 radical (unpaired) electrons. The molecule has 0 aliphatic carbocycles. The minimum Gasteiger partial charge on any atom is -0.442 e. The van der Waals surface area contributed by atoms with Gasteiger partial charge in [0.15, 0.2) is 23.4 Å². The Morgan fingerprint density at radius 1 is 1.22 bits per heavy atom. The van der Waals surface area contributed by atoms with Crippen molar-refractivity contribution in [1.82, 2.24) is 9.97 Å². The zero-order valence-electron chi connectivity index (χ0n) is 12.1. The Morgan fingerprint density at radius 2 is 2.09 bits per heavy atom. The quantitative estimate of drug-likeness (QED) is 0.572. The van der Waals surface area contributed by atoms with Gasteiger partial charge in [-0.15, -0.1) is 11.3 Å². The van der Waals surface area contributed by atoms with Crippen molar-refractivity contribution >= 4 is 34.4 Å². The summed E-state index contributed by atoms with van der Waals surface area (Å²) in [6.07, 6.45) is 1.27. The Labute approximate surface area is 135 Å². The van der Waals surface area contributed by atoms with E-state index in [1.54, 1.807) is 13.1 Å². The van der Waals surface area contributed by atoms with Gasteiger partial charge in [0.05, 0.1) is 4.88 Å². The topological polar surface area (TPSA) is 72.4 Å². The maximum atomic E-state index is 12.7. The van der Waals surface area contributed by atoms with Crippen molar-refractivity contribution < 1.29 is 13.6 Å². The third-order valence-corrected chi connectivity index (χ3v) is 4.26. The smallest absolute Gasteiger partial charge is 0.305 e. The lowest BCUT2D eigenvalue weighted by molar-refractivity contribution is 0.0984. The first-order chi connectivity index (χ1) is 11.2. The molecule has 1 amide bonds. The number of fused-ring (bicyclic) bond motifs is 1. The van der Waals surface area contributed by atoms with E-state index in [0.29, 0.717) is 16.9 Å². The zero-order chi connectivity index (χ0) is 15.8. The molecule has 0 unspecified atom stereocenters. The molecule has 0 aliphatic heterocycles. The van der Waals surface area contributed by atoms with Crippen LogP contribution in [-0.2, 0) is 0 Å². The van der Waals surface area contributed by atoms with E-state index in [-0.39, 0.29) is 17.6 Å². The first-order valence-electron chi connectivity index (χ1n) is 6.85. The van der Waals surface area contributed by atoms with Crippen molar-refractivity contribution in [1.29, 1.82) is 0 Å². The highest BCUT2D eigenvalue weighted by Gasteiger charge is 2.25. The van der Waals surface area contributed by atoms with Crippen LogP contribution in [0.4, 0.5) is 6.01 Å². The minimum absolute atomic E-state index is 0.219. The summed E-state index contributed by atoms with van der Waals surface area (Å²) in [5, 5.41) is 1.91. The van der Waals surface area contributed by atoms with E-state index in [4.69, 9.17) is 8.83 Å². The number of thiophene rings is 1. The Kier molecular flexibility index (Phi) is 3.20. The fraction of sp³-hybridized carbons (Fsp3) is 0.0625. The van der Waals surface area contributed by atoms with Crippen LogP contribution in [0.5, 0.6) is 0 Å². The van der Waals surface area contributed by atoms with Gasteiger partial charge < -0.3 is 8.83 Å². The number of hydrogen-bond donors (Lipinski definition) is 0. The average molecular weight is 325 g/mol. The molecule has 7 heteroatoms. The van der Waals surface area contributed by atoms with Crippen LogP contribution in [0.2, 0.25) is 0 Å². The van der Waals surface area contributed by atoms with Crippen LogP contribution >= 0.6 is 11.3 Å². The monoisotopic (exact) mass is 325 g/mol. The number of anilines is 1. The lowest BCUT2D eigenvalue weighted by atomic mass is 10.2. The van der Waals surface area contributed by atoms with Crippen molar-refractivity contribution in [2.24, 2.45) is 0 Å². The van der Waals surface area contributed by atoms with Crippen LogP contribution in [0.1, 0.15) is 10.5 Å². The fourth-order valence-corrected chi connectivity index (χ4v) is 2.94. The van der Waals surface area contributed by atoms with Gasteiger partial charge in [-0.25, -0.2) is 4.98 Å². The Bertz CT molecular complexity index is 938. The Morgan fingerprint density at radius 3 is 2.87 bits per heavy atom. The fourth-order valence-electron chi connectivity index (χ4n) is 2.23. The van der Waals surface area contributed by atoms with Gasteiger partial charge in [-0.05, 0) is 23.6 Å². The third kappa shape index (κ3) is 2.31. The summed E-state index contributed by atoms with van der Waals surface area (Å²) in [4.78, 5) is 23.3. The van der Waals surface area contributed by atoms with Gasteiger partial charge >= 0.3 is 6.01 Å². The minimum atomic E-state index is -0.339. The van der Waals surface area contributed by atoms with Crippen LogP contribution in [0.15, 0.2) is 57.0 Å².